The minimum atomic E-state index is -0.462. The molecule has 1 aromatic rings. The molecule has 0 bridgehead atoms. The maximum absolute atomic E-state index is 9.37. The highest BCUT2D eigenvalue weighted by Crippen LogP contribution is 2.19. The number of nitrogens with zero attached hydrogens (tertiary/aromatic N) is 2. The fourth-order valence-electron chi connectivity index (χ4n) is 0.959. The van der Waals surface area contributed by atoms with Gasteiger partial charge in [0.15, 0.2) is 5.82 Å². The van der Waals surface area contributed by atoms with E-state index in [9.17, 15) is 5.11 Å². The second kappa shape index (κ2) is 5.51. The van der Waals surface area contributed by atoms with E-state index in [2.05, 4.69) is 24.0 Å². The highest BCUT2D eigenvalue weighted by Gasteiger charge is 2.18. The molecule has 0 fully saturated rings. The molecule has 4 nitrogen and oxygen atoms in total. The van der Waals surface area contributed by atoms with Crippen molar-refractivity contribution >= 4 is 11.8 Å². The van der Waals surface area contributed by atoms with Crippen molar-refractivity contribution in [3.8, 4) is 0 Å². The Bertz CT molecular complexity index is 299. The zero-order valence-corrected chi connectivity index (χ0v) is 10.4. The van der Waals surface area contributed by atoms with Gasteiger partial charge in [-0.05, 0) is 12.2 Å². The lowest BCUT2D eigenvalue weighted by Crippen LogP contribution is -2.11. The van der Waals surface area contributed by atoms with Crippen LogP contribution in [0.3, 0.4) is 0 Å². The van der Waals surface area contributed by atoms with Crippen LogP contribution in [-0.2, 0) is 5.75 Å². The van der Waals surface area contributed by atoms with E-state index in [0.29, 0.717) is 17.0 Å². The Labute approximate surface area is 94.5 Å². The molecule has 0 aliphatic heterocycles. The summed E-state index contributed by atoms with van der Waals surface area (Å²) in [6.07, 6.45) is -0.462. The van der Waals surface area contributed by atoms with Gasteiger partial charge < -0.3 is 9.63 Å². The Hall–Kier alpha value is -0.550. The van der Waals surface area contributed by atoms with Gasteiger partial charge in [-0.15, -0.1) is 0 Å². The highest BCUT2D eigenvalue weighted by atomic mass is 32.2. The van der Waals surface area contributed by atoms with E-state index in [-0.39, 0.29) is 5.92 Å². The van der Waals surface area contributed by atoms with Crippen LogP contribution in [-0.4, -0.2) is 26.6 Å². The molecule has 2 atom stereocenters. The van der Waals surface area contributed by atoms with Crippen LogP contribution < -0.4 is 0 Å². The van der Waals surface area contributed by atoms with Crippen LogP contribution in [0.25, 0.3) is 0 Å². The molecule has 0 radical (unpaired) electrons. The van der Waals surface area contributed by atoms with Crippen LogP contribution in [0.5, 0.6) is 0 Å². The van der Waals surface area contributed by atoms with Crippen molar-refractivity contribution in [2.45, 2.75) is 50.7 Å². The Kier molecular flexibility index (Phi) is 4.60. The molecule has 0 aliphatic rings. The van der Waals surface area contributed by atoms with Crippen molar-refractivity contribution in [1.29, 1.82) is 0 Å². The van der Waals surface area contributed by atoms with Gasteiger partial charge in [0, 0.05) is 0 Å². The zero-order chi connectivity index (χ0) is 11.4. The molecule has 86 valence electrons. The van der Waals surface area contributed by atoms with Crippen molar-refractivity contribution in [2.75, 3.05) is 0 Å². The number of aliphatic hydroxyl groups is 1. The lowest BCUT2D eigenvalue weighted by atomic mass is 10.1. The van der Waals surface area contributed by atoms with Gasteiger partial charge in [0.2, 0.25) is 5.89 Å². The molecule has 0 aliphatic carbocycles. The van der Waals surface area contributed by atoms with E-state index in [4.69, 9.17) is 4.52 Å². The van der Waals surface area contributed by atoms with Gasteiger partial charge in [-0.2, -0.15) is 16.7 Å². The van der Waals surface area contributed by atoms with E-state index in [0.717, 1.165) is 5.75 Å². The number of hydrogen-bond donors (Lipinski definition) is 1. The third-order valence-electron chi connectivity index (χ3n) is 2.14. The summed E-state index contributed by atoms with van der Waals surface area (Å²) < 4.78 is 5.09. The predicted molar refractivity (Wildman–Crippen MR) is 60.8 cm³/mol. The van der Waals surface area contributed by atoms with Crippen LogP contribution in [0, 0.1) is 0 Å². The van der Waals surface area contributed by atoms with E-state index >= 15 is 0 Å². The lowest BCUT2D eigenvalue weighted by Gasteiger charge is -2.08. The van der Waals surface area contributed by atoms with Gasteiger partial charge in [0.25, 0.3) is 0 Å². The van der Waals surface area contributed by atoms with E-state index in [1.54, 1.807) is 18.7 Å². The average Bonchev–Trinajstić information content (AvgIpc) is 2.61. The van der Waals surface area contributed by atoms with Crippen LogP contribution in [0.1, 0.15) is 45.3 Å². The van der Waals surface area contributed by atoms with Gasteiger partial charge in [-0.25, -0.2) is 0 Å². The molecule has 0 saturated heterocycles. The number of aliphatic hydroxyl groups excluding tert-OH is 1. The maximum atomic E-state index is 9.37. The average molecular weight is 230 g/mol. The second-order valence-corrected chi connectivity index (χ2v) is 5.50. The highest BCUT2D eigenvalue weighted by molar-refractivity contribution is 7.99. The molecule has 1 heterocycles. The molecular weight excluding hydrogens is 212 g/mol. The lowest BCUT2D eigenvalue weighted by molar-refractivity contribution is 0.151. The van der Waals surface area contributed by atoms with E-state index < -0.39 is 6.10 Å². The molecule has 5 heteroatoms. The number of aromatic nitrogens is 2. The minimum Gasteiger partial charge on any atom is -0.393 e. The SMILES string of the molecule is CC(C)SCc1noc(C(C)C(C)O)n1. The number of hydrogen-bond acceptors (Lipinski definition) is 5. The maximum Gasteiger partial charge on any atom is 0.232 e. The topological polar surface area (TPSA) is 59.2 Å². The predicted octanol–water partition coefficient (Wildman–Crippen LogP) is 2.20. The summed E-state index contributed by atoms with van der Waals surface area (Å²) in [4.78, 5) is 4.24. The zero-order valence-electron chi connectivity index (χ0n) is 9.60. The Morgan fingerprint density at radius 2 is 2.00 bits per heavy atom. The first kappa shape index (κ1) is 12.5. The molecule has 0 saturated carbocycles. The van der Waals surface area contributed by atoms with Gasteiger partial charge in [-0.1, -0.05) is 25.9 Å². The van der Waals surface area contributed by atoms with E-state index in [1.807, 2.05) is 6.92 Å². The first-order valence-electron chi connectivity index (χ1n) is 5.13. The first-order chi connectivity index (χ1) is 7.00. The smallest absolute Gasteiger partial charge is 0.232 e. The molecule has 0 amide bonds. The summed E-state index contributed by atoms with van der Waals surface area (Å²) in [5.41, 5.74) is 0. The van der Waals surface area contributed by atoms with Crippen molar-refractivity contribution in [3.63, 3.8) is 0 Å². The van der Waals surface area contributed by atoms with Gasteiger partial charge in [0.05, 0.1) is 17.8 Å². The molecule has 1 aromatic heterocycles. The largest absolute Gasteiger partial charge is 0.393 e. The third kappa shape index (κ3) is 3.83. The standard InChI is InChI=1S/C10H18N2O2S/c1-6(2)15-5-9-11-10(14-12-9)7(3)8(4)13/h6-8,13H,5H2,1-4H3. The summed E-state index contributed by atoms with van der Waals surface area (Å²) in [5.74, 6) is 1.88. The van der Waals surface area contributed by atoms with Crippen molar-refractivity contribution in [2.24, 2.45) is 0 Å². The minimum absolute atomic E-state index is 0.102. The molecule has 1 N–H and O–H groups in total. The second-order valence-electron chi connectivity index (χ2n) is 3.94. The monoisotopic (exact) mass is 230 g/mol. The summed E-state index contributed by atoms with van der Waals surface area (Å²) in [6.45, 7) is 7.85. The summed E-state index contributed by atoms with van der Waals surface area (Å²) >= 11 is 1.77. The van der Waals surface area contributed by atoms with Crippen LogP contribution in [0.2, 0.25) is 0 Å². The van der Waals surface area contributed by atoms with Crippen molar-refractivity contribution in [3.05, 3.63) is 11.7 Å². The van der Waals surface area contributed by atoms with E-state index in [1.165, 1.54) is 0 Å². The molecule has 1 rings (SSSR count). The van der Waals surface area contributed by atoms with Crippen molar-refractivity contribution in [1.82, 2.24) is 10.1 Å². The Balaban J connectivity index is 2.56. The molecule has 2 unspecified atom stereocenters. The fraction of sp³-hybridized carbons (Fsp3) is 0.800. The summed E-state index contributed by atoms with van der Waals surface area (Å²) in [6, 6.07) is 0. The normalized spacial score (nSPS) is 15.6. The number of thioether (sulfide) groups is 1. The van der Waals surface area contributed by atoms with Gasteiger partial charge >= 0.3 is 0 Å². The van der Waals surface area contributed by atoms with Gasteiger partial charge in [0.1, 0.15) is 0 Å². The number of rotatable bonds is 5. The fourth-order valence-corrected chi connectivity index (χ4v) is 1.56. The van der Waals surface area contributed by atoms with Crippen LogP contribution in [0.4, 0.5) is 0 Å². The first-order valence-corrected chi connectivity index (χ1v) is 6.17. The third-order valence-corrected chi connectivity index (χ3v) is 3.23. The van der Waals surface area contributed by atoms with Crippen LogP contribution >= 0.6 is 11.8 Å². The van der Waals surface area contributed by atoms with Gasteiger partial charge in [-0.3, -0.25) is 0 Å². The van der Waals surface area contributed by atoms with Crippen molar-refractivity contribution < 1.29 is 9.63 Å². The molecular formula is C10H18N2O2S. The van der Waals surface area contributed by atoms with Crippen LogP contribution in [0.15, 0.2) is 4.52 Å². The Morgan fingerprint density at radius 3 is 2.53 bits per heavy atom. The molecule has 0 spiro atoms. The molecule has 0 aromatic carbocycles. The molecule has 15 heavy (non-hydrogen) atoms. The summed E-state index contributed by atoms with van der Waals surface area (Å²) in [7, 11) is 0. The quantitative estimate of drug-likeness (QED) is 0.840. The summed E-state index contributed by atoms with van der Waals surface area (Å²) in [5, 5.41) is 13.8. The Morgan fingerprint density at radius 1 is 1.33 bits per heavy atom.